The molecule has 0 bridgehead atoms. The Hall–Kier alpha value is -5.84. The number of H-pyrrole nitrogens is 1. The molecule has 1 saturated heterocycles. The summed E-state index contributed by atoms with van der Waals surface area (Å²) < 4.78 is 50.3. The van der Waals surface area contributed by atoms with Gasteiger partial charge in [0.15, 0.2) is 0 Å². The molecule has 5 atom stereocenters. The van der Waals surface area contributed by atoms with E-state index in [1.165, 1.54) is 25.4 Å². The van der Waals surface area contributed by atoms with Crippen molar-refractivity contribution >= 4 is 46.9 Å². The number of benzene rings is 2. The van der Waals surface area contributed by atoms with Gasteiger partial charge in [-0.15, -0.1) is 13.2 Å². The number of nitrogens with zero attached hydrogens (tertiary/aromatic N) is 3. The van der Waals surface area contributed by atoms with Crippen LogP contribution in [-0.2, 0) is 14.3 Å². The summed E-state index contributed by atoms with van der Waals surface area (Å²) in [5.74, 6) is -0.510. The third-order valence-electron chi connectivity index (χ3n) is 11.0. The number of alkyl carbamates (subject to hydrolysis) is 1. The van der Waals surface area contributed by atoms with Gasteiger partial charge in [0, 0.05) is 42.9 Å². The minimum atomic E-state index is -5.06. The number of likely N-dealkylation sites (tertiary alicyclic amines) is 1. The Balaban J connectivity index is 1.13. The van der Waals surface area contributed by atoms with E-state index in [2.05, 4.69) is 54.8 Å². The predicted octanol–water partition coefficient (Wildman–Crippen LogP) is 8.20. The normalized spacial score (nSPS) is 19.1. The van der Waals surface area contributed by atoms with Crippen molar-refractivity contribution in [1.82, 2.24) is 30.5 Å². The number of carbonyl (C=O) groups is 4. The Labute approximate surface area is 356 Å². The van der Waals surface area contributed by atoms with Crippen molar-refractivity contribution in [3.05, 3.63) is 77.3 Å². The molecule has 2 aromatic carbocycles. The van der Waals surface area contributed by atoms with Crippen LogP contribution in [0.15, 0.2) is 60.9 Å². The van der Waals surface area contributed by atoms with Crippen LogP contribution < -0.4 is 26.0 Å². The maximum absolute atomic E-state index is 13.7. The summed E-state index contributed by atoms with van der Waals surface area (Å²) >= 11 is 6.56. The molecule has 0 spiro atoms. The topological polar surface area (TPSA) is 180 Å². The third kappa shape index (κ3) is 10.9. The Bertz CT molecular complexity index is 2250. The number of aromatic nitrogens is 3. The molecule has 1 aliphatic carbocycles. The predicted molar refractivity (Wildman–Crippen MR) is 224 cm³/mol. The molecule has 1 aliphatic heterocycles. The molecule has 3 heterocycles. The summed E-state index contributed by atoms with van der Waals surface area (Å²) in [4.78, 5) is 65.1. The lowest BCUT2D eigenvalue weighted by Gasteiger charge is -2.30. The molecular weight excluding hydrogens is 817 g/mol. The summed E-state index contributed by atoms with van der Waals surface area (Å²) in [6.07, 6.45) is -1.34. The first-order chi connectivity index (χ1) is 28.7. The first-order valence-electron chi connectivity index (χ1n) is 19.9. The van der Waals surface area contributed by atoms with Gasteiger partial charge in [0.1, 0.15) is 23.4 Å². The van der Waals surface area contributed by atoms with Crippen molar-refractivity contribution in [2.24, 2.45) is 23.2 Å². The average molecular weight is 867 g/mol. The molecule has 1 saturated carbocycles. The molecule has 5 N–H and O–H groups in total. The van der Waals surface area contributed by atoms with Crippen molar-refractivity contribution in [3.8, 4) is 28.1 Å². The molecule has 18 heteroatoms. The lowest BCUT2D eigenvalue weighted by Crippen LogP contribution is -2.51. The summed E-state index contributed by atoms with van der Waals surface area (Å²) in [6.45, 7) is 12.5. The van der Waals surface area contributed by atoms with E-state index < -0.39 is 30.2 Å². The maximum atomic E-state index is 13.7. The van der Waals surface area contributed by atoms with E-state index in [-0.39, 0.29) is 68.9 Å². The number of methoxy groups -OCH3 is 1. The van der Waals surface area contributed by atoms with Gasteiger partial charge in [-0.1, -0.05) is 70.5 Å². The highest BCUT2D eigenvalue weighted by atomic mass is 35.5. The second-order valence-electron chi connectivity index (χ2n) is 16.8. The minimum absolute atomic E-state index is 0.00594. The number of rotatable bonds is 14. The monoisotopic (exact) mass is 866 g/mol. The van der Waals surface area contributed by atoms with Gasteiger partial charge in [0.05, 0.1) is 41.3 Å². The van der Waals surface area contributed by atoms with Crippen LogP contribution >= 0.6 is 11.6 Å². The fourth-order valence-corrected chi connectivity index (χ4v) is 7.60. The van der Waals surface area contributed by atoms with Gasteiger partial charge in [-0.3, -0.25) is 14.4 Å². The average Bonchev–Trinajstić information content (AvgIpc) is 3.48. The number of nitrogens with one attached hydrogen (secondary N) is 5. The van der Waals surface area contributed by atoms with Crippen LogP contribution in [-0.4, -0.2) is 82.3 Å². The highest BCUT2D eigenvalue weighted by Crippen LogP contribution is 2.51. The summed E-state index contributed by atoms with van der Waals surface area (Å²) in [5, 5.41) is 11.3. The first kappa shape index (κ1) is 44.7. The molecule has 4 aromatic rings. The molecule has 4 amide bonds. The quantitative estimate of drug-likeness (QED) is 0.0836. The number of carbonyl (C=O) groups excluding carboxylic acids is 4. The first-order valence-corrected chi connectivity index (χ1v) is 20.3. The molecule has 0 radical (unpaired) electrons. The van der Waals surface area contributed by atoms with Gasteiger partial charge >= 0.3 is 12.5 Å². The van der Waals surface area contributed by atoms with Crippen molar-refractivity contribution in [2.45, 2.75) is 78.9 Å². The van der Waals surface area contributed by atoms with Crippen molar-refractivity contribution in [1.29, 1.82) is 0 Å². The van der Waals surface area contributed by atoms with E-state index in [1.54, 1.807) is 41.4 Å². The highest BCUT2D eigenvalue weighted by molar-refractivity contribution is 6.34. The van der Waals surface area contributed by atoms with Crippen LogP contribution in [0.5, 0.6) is 5.75 Å². The number of anilines is 2. The Morgan fingerprint density at radius 3 is 2.30 bits per heavy atom. The van der Waals surface area contributed by atoms with Crippen LogP contribution in [0.4, 0.5) is 29.5 Å². The largest absolute Gasteiger partial charge is 0.573 e. The van der Waals surface area contributed by atoms with E-state index in [0.717, 1.165) is 12.5 Å². The number of imidazole rings is 1. The van der Waals surface area contributed by atoms with Gasteiger partial charge in [-0.2, -0.15) is 0 Å². The zero-order valence-electron chi connectivity index (χ0n) is 34.9. The van der Waals surface area contributed by atoms with Gasteiger partial charge in [-0.25, -0.2) is 14.8 Å². The number of ether oxygens (including phenoxy) is 2. The van der Waals surface area contributed by atoms with Gasteiger partial charge in [0.2, 0.25) is 11.8 Å². The molecule has 14 nitrogen and oxygen atoms in total. The van der Waals surface area contributed by atoms with Crippen LogP contribution in [0.1, 0.15) is 76.6 Å². The number of alkyl halides is 3. The zero-order valence-corrected chi connectivity index (χ0v) is 35.6. The number of hydrogen-bond donors (Lipinski definition) is 5. The number of hydrogen-bond acceptors (Lipinski definition) is 9. The lowest BCUT2D eigenvalue weighted by molar-refractivity contribution is -0.274. The Kier molecular flexibility index (Phi) is 13.2. The van der Waals surface area contributed by atoms with Gasteiger partial charge in [-0.05, 0) is 66.3 Å². The SMILES string of the molecule is COC(=O)N[C@H](C(=O)N1C[C@@H](C)C[C@H]1c1ncc(-c2ccc(-c3cc(Cl)c(NC(=O)c4ccc(NC[C@H](C)NC(=O)[C@H]5CC5(C)C)nc4)cc3OC(F)(F)F)cc2)[nH]1)C(C)C. The fourth-order valence-electron chi connectivity index (χ4n) is 7.39. The maximum Gasteiger partial charge on any atom is 0.573 e. The zero-order chi connectivity index (χ0) is 44.4. The Morgan fingerprint density at radius 1 is 1.00 bits per heavy atom. The number of amides is 4. The minimum Gasteiger partial charge on any atom is -0.453 e. The molecule has 61 heavy (non-hydrogen) atoms. The number of halogens is 4. The van der Waals surface area contributed by atoms with E-state index in [1.807, 2.05) is 27.7 Å². The third-order valence-corrected chi connectivity index (χ3v) is 11.3. The van der Waals surface area contributed by atoms with Crippen molar-refractivity contribution in [2.75, 3.05) is 30.8 Å². The fraction of sp³-hybridized carbons (Fsp3) is 0.442. The molecule has 2 fully saturated rings. The van der Waals surface area contributed by atoms with E-state index >= 15 is 0 Å². The summed E-state index contributed by atoms with van der Waals surface area (Å²) in [5.41, 5.74) is 1.67. The second kappa shape index (κ2) is 18.0. The lowest BCUT2D eigenvalue weighted by atomic mass is 10.0. The summed E-state index contributed by atoms with van der Waals surface area (Å²) in [6, 6.07) is 10.6. The van der Waals surface area contributed by atoms with Gasteiger partial charge < -0.3 is 40.6 Å². The van der Waals surface area contributed by atoms with E-state index in [9.17, 15) is 32.3 Å². The molecule has 2 aliphatic rings. The molecule has 0 unspecified atom stereocenters. The number of aromatic amines is 1. The second-order valence-corrected chi connectivity index (χ2v) is 17.2. The van der Waals surface area contributed by atoms with Crippen molar-refractivity contribution < 1.29 is 41.8 Å². The number of pyridine rings is 1. The summed E-state index contributed by atoms with van der Waals surface area (Å²) in [7, 11) is 1.24. The van der Waals surface area contributed by atoms with Crippen LogP contribution in [0.3, 0.4) is 0 Å². The van der Waals surface area contributed by atoms with Crippen molar-refractivity contribution in [3.63, 3.8) is 0 Å². The van der Waals surface area contributed by atoms with Gasteiger partial charge in [0.25, 0.3) is 5.91 Å². The molecule has 6 rings (SSSR count). The molecule has 326 valence electrons. The Morgan fingerprint density at radius 2 is 1.69 bits per heavy atom. The smallest absolute Gasteiger partial charge is 0.453 e. The highest BCUT2D eigenvalue weighted by Gasteiger charge is 2.50. The van der Waals surface area contributed by atoms with E-state index in [4.69, 9.17) is 16.3 Å². The standard InChI is InChI=1S/C43H50ClF3N8O6/c1-22(2)36(54-41(59)60-7)40(58)55-21-23(3)14-33(55)37-50-20-32(52-37)26-10-8-25(9-11-26)28-15-30(44)31(16-34(28)61-43(45,46)47)53-38(56)27-12-13-35(49-19-27)48-18-24(4)51-39(57)29-17-42(29,5)6/h8-13,15-16,19-20,22-24,29,33,36H,14,17-18,21H2,1-7H3,(H,48,49)(H,50,52)(H,51,57)(H,53,56)(H,54,59)/t23-,24-,29+,33-,36-/m0/s1. The van der Waals surface area contributed by atoms with Crippen LogP contribution in [0, 0.1) is 23.2 Å². The molecule has 2 aromatic heterocycles. The van der Waals surface area contributed by atoms with E-state index in [0.29, 0.717) is 48.0 Å². The van der Waals surface area contributed by atoms with Crippen LogP contribution in [0.25, 0.3) is 22.4 Å². The molecular formula is C43H50ClF3N8O6. The van der Waals surface area contributed by atoms with Crippen LogP contribution in [0.2, 0.25) is 5.02 Å².